The molecule has 1 aliphatic carbocycles. The summed E-state index contributed by atoms with van der Waals surface area (Å²) in [6.07, 6.45) is 3.37. The molecule has 104 valence electrons. The van der Waals surface area contributed by atoms with Gasteiger partial charge in [-0.1, -0.05) is 12.1 Å². The van der Waals surface area contributed by atoms with Crippen LogP contribution in [0.1, 0.15) is 40.2 Å². The number of aromatic nitrogens is 2. The summed E-state index contributed by atoms with van der Waals surface area (Å²) in [6, 6.07) is 4.82. The second kappa shape index (κ2) is 4.74. The minimum atomic E-state index is -1.05. The van der Waals surface area contributed by atoms with Gasteiger partial charge in [0.1, 0.15) is 11.5 Å². The maximum Gasteiger partial charge on any atom is 0.356 e. The van der Waals surface area contributed by atoms with Crippen LogP contribution in [0.25, 0.3) is 5.69 Å². The van der Waals surface area contributed by atoms with Crippen LogP contribution in [0.3, 0.4) is 0 Å². The summed E-state index contributed by atoms with van der Waals surface area (Å²) in [4.78, 5) is 11.3. The van der Waals surface area contributed by atoms with E-state index >= 15 is 0 Å². The molecule has 0 radical (unpaired) electrons. The molecule has 1 aliphatic rings. The van der Waals surface area contributed by atoms with Crippen LogP contribution in [-0.2, 0) is 12.8 Å². The largest absolute Gasteiger partial charge is 0.476 e. The third-order valence-electron chi connectivity index (χ3n) is 3.78. The van der Waals surface area contributed by atoms with Gasteiger partial charge < -0.3 is 5.11 Å². The number of carboxylic acid groups (broad SMARTS) is 1. The Kier molecular flexibility index (Phi) is 3.04. The molecule has 0 atom stereocenters. The minimum absolute atomic E-state index is 0.0577. The van der Waals surface area contributed by atoms with Crippen molar-refractivity contribution in [1.82, 2.24) is 9.78 Å². The number of fused-ring (bicyclic) bond motifs is 1. The van der Waals surface area contributed by atoms with E-state index in [1.807, 2.05) is 0 Å². The average molecular weight is 274 g/mol. The number of rotatable bonds is 2. The molecule has 3 rings (SSSR count). The highest BCUT2D eigenvalue weighted by Crippen LogP contribution is 2.29. The molecule has 0 aliphatic heterocycles. The van der Waals surface area contributed by atoms with Crippen molar-refractivity contribution in [2.24, 2.45) is 0 Å². The van der Waals surface area contributed by atoms with Gasteiger partial charge in [0.15, 0.2) is 5.69 Å². The SMILES string of the molecule is Cc1cccc(F)c1-n1nc(C(=O)O)c2c1CCCC2. The normalized spacial score (nSPS) is 14.1. The van der Waals surface area contributed by atoms with E-state index < -0.39 is 5.97 Å². The molecule has 5 heteroatoms. The van der Waals surface area contributed by atoms with Crippen molar-refractivity contribution in [3.05, 3.63) is 46.5 Å². The number of carboxylic acids is 1. The Bertz CT molecular complexity index is 671. The van der Waals surface area contributed by atoms with Gasteiger partial charge in [0.2, 0.25) is 0 Å². The zero-order valence-electron chi connectivity index (χ0n) is 11.2. The third kappa shape index (κ3) is 1.90. The summed E-state index contributed by atoms with van der Waals surface area (Å²) >= 11 is 0. The Hall–Kier alpha value is -2.17. The van der Waals surface area contributed by atoms with Crippen LogP contribution in [0.5, 0.6) is 0 Å². The molecule has 0 bridgehead atoms. The van der Waals surface area contributed by atoms with Crippen LogP contribution < -0.4 is 0 Å². The molecule has 0 amide bonds. The highest BCUT2D eigenvalue weighted by molar-refractivity contribution is 5.87. The lowest BCUT2D eigenvalue weighted by molar-refractivity contribution is 0.0688. The van der Waals surface area contributed by atoms with Gasteiger partial charge in [0.25, 0.3) is 0 Å². The zero-order valence-corrected chi connectivity index (χ0v) is 11.2. The Morgan fingerprint density at radius 2 is 2.10 bits per heavy atom. The van der Waals surface area contributed by atoms with E-state index in [1.54, 1.807) is 19.1 Å². The van der Waals surface area contributed by atoms with Crippen LogP contribution in [-0.4, -0.2) is 20.9 Å². The van der Waals surface area contributed by atoms with Crippen molar-refractivity contribution in [1.29, 1.82) is 0 Å². The van der Waals surface area contributed by atoms with E-state index in [2.05, 4.69) is 5.10 Å². The van der Waals surface area contributed by atoms with Crippen molar-refractivity contribution in [2.75, 3.05) is 0 Å². The van der Waals surface area contributed by atoms with Crippen LogP contribution in [0, 0.1) is 12.7 Å². The molecule has 4 nitrogen and oxygen atoms in total. The number of para-hydroxylation sites is 1. The zero-order chi connectivity index (χ0) is 14.3. The van der Waals surface area contributed by atoms with Crippen molar-refractivity contribution < 1.29 is 14.3 Å². The summed E-state index contributed by atoms with van der Waals surface area (Å²) in [5, 5.41) is 13.4. The van der Waals surface area contributed by atoms with Gasteiger partial charge in [-0.15, -0.1) is 0 Å². The van der Waals surface area contributed by atoms with Crippen molar-refractivity contribution in [3.8, 4) is 5.69 Å². The van der Waals surface area contributed by atoms with Gasteiger partial charge in [0, 0.05) is 11.3 Å². The number of hydrogen-bond acceptors (Lipinski definition) is 2. The number of hydrogen-bond donors (Lipinski definition) is 1. The van der Waals surface area contributed by atoms with Gasteiger partial charge in [-0.2, -0.15) is 5.10 Å². The molecule has 0 saturated carbocycles. The maximum absolute atomic E-state index is 14.1. The first kappa shape index (κ1) is 12.8. The second-order valence-corrected chi connectivity index (χ2v) is 5.10. The summed E-state index contributed by atoms with van der Waals surface area (Å²) in [5.41, 5.74) is 2.76. The third-order valence-corrected chi connectivity index (χ3v) is 3.78. The van der Waals surface area contributed by atoms with Gasteiger partial charge in [-0.3, -0.25) is 0 Å². The smallest absolute Gasteiger partial charge is 0.356 e. The Morgan fingerprint density at radius 1 is 1.35 bits per heavy atom. The van der Waals surface area contributed by atoms with Gasteiger partial charge in [-0.25, -0.2) is 13.9 Å². The quantitative estimate of drug-likeness (QED) is 0.916. The fourth-order valence-corrected chi connectivity index (χ4v) is 2.85. The van der Waals surface area contributed by atoms with E-state index in [1.165, 1.54) is 10.7 Å². The standard InChI is InChI=1S/C15H15FN2O2/c1-9-5-4-7-11(16)14(9)18-12-8-3-2-6-10(12)13(17-18)15(19)20/h4-5,7H,2-3,6,8H2,1H3,(H,19,20). The molecule has 1 heterocycles. The second-order valence-electron chi connectivity index (χ2n) is 5.10. The van der Waals surface area contributed by atoms with Crippen molar-refractivity contribution in [3.63, 3.8) is 0 Å². The molecule has 20 heavy (non-hydrogen) atoms. The van der Waals surface area contributed by atoms with Crippen molar-refractivity contribution in [2.45, 2.75) is 32.6 Å². The van der Waals surface area contributed by atoms with Gasteiger partial charge in [-0.05, 0) is 44.2 Å². The van der Waals surface area contributed by atoms with Crippen LogP contribution in [0.4, 0.5) is 4.39 Å². The highest BCUT2D eigenvalue weighted by atomic mass is 19.1. The van der Waals surface area contributed by atoms with Gasteiger partial charge in [0.05, 0.1) is 0 Å². The fourth-order valence-electron chi connectivity index (χ4n) is 2.85. The number of halogens is 1. The maximum atomic E-state index is 14.1. The van der Waals surface area contributed by atoms with E-state index in [0.717, 1.165) is 36.1 Å². The molecule has 1 N–H and O–H groups in total. The topological polar surface area (TPSA) is 55.1 Å². The van der Waals surface area contributed by atoms with Crippen LogP contribution >= 0.6 is 0 Å². The summed E-state index contributed by atoms with van der Waals surface area (Å²) in [7, 11) is 0. The molecule has 0 spiro atoms. The van der Waals surface area contributed by atoms with E-state index in [4.69, 9.17) is 0 Å². The van der Waals surface area contributed by atoms with E-state index in [9.17, 15) is 14.3 Å². The number of aromatic carboxylic acids is 1. The monoisotopic (exact) mass is 274 g/mol. The molecule has 0 saturated heterocycles. The molecule has 1 aromatic carbocycles. The lowest BCUT2D eigenvalue weighted by atomic mass is 9.95. The first-order valence-electron chi connectivity index (χ1n) is 6.69. The molecule has 0 unspecified atom stereocenters. The average Bonchev–Trinajstić information content (AvgIpc) is 2.79. The first-order valence-corrected chi connectivity index (χ1v) is 6.69. The Morgan fingerprint density at radius 3 is 2.80 bits per heavy atom. The highest BCUT2D eigenvalue weighted by Gasteiger charge is 2.26. The summed E-state index contributed by atoms with van der Waals surface area (Å²) in [5.74, 6) is -1.42. The van der Waals surface area contributed by atoms with Crippen LogP contribution in [0.2, 0.25) is 0 Å². The number of nitrogens with zero attached hydrogens (tertiary/aromatic N) is 2. The predicted molar refractivity (Wildman–Crippen MR) is 71.9 cm³/mol. The molecule has 0 fully saturated rings. The number of benzene rings is 1. The van der Waals surface area contributed by atoms with Crippen molar-refractivity contribution >= 4 is 5.97 Å². The first-order chi connectivity index (χ1) is 9.59. The van der Waals surface area contributed by atoms with E-state index in [-0.39, 0.29) is 11.5 Å². The molecular formula is C15H15FN2O2. The van der Waals surface area contributed by atoms with E-state index in [0.29, 0.717) is 12.1 Å². The minimum Gasteiger partial charge on any atom is -0.476 e. The summed E-state index contributed by atoms with van der Waals surface area (Å²) < 4.78 is 15.6. The predicted octanol–water partition coefficient (Wildman–Crippen LogP) is 2.90. The van der Waals surface area contributed by atoms with Crippen LogP contribution in [0.15, 0.2) is 18.2 Å². The van der Waals surface area contributed by atoms with Gasteiger partial charge >= 0.3 is 5.97 Å². The lowest BCUT2D eigenvalue weighted by Gasteiger charge is -2.15. The Balaban J connectivity index is 2.27. The molecular weight excluding hydrogens is 259 g/mol. The lowest BCUT2D eigenvalue weighted by Crippen LogP contribution is -2.10. The molecule has 2 aromatic rings. The number of aryl methyl sites for hydroxylation is 1. The Labute approximate surface area is 115 Å². The number of carbonyl (C=O) groups is 1. The summed E-state index contributed by atoms with van der Waals surface area (Å²) in [6.45, 7) is 1.80. The molecule has 1 aromatic heterocycles. The fraction of sp³-hybridized carbons (Fsp3) is 0.333.